The maximum absolute atomic E-state index is 13.2. The highest BCUT2D eigenvalue weighted by molar-refractivity contribution is 5.93. The fourth-order valence-electron chi connectivity index (χ4n) is 4.68. The molecule has 2 aliphatic rings. The fraction of sp³-hybridized carbons (Fsp3) is 0.321. The number of carbonyl (C=O) groups is 2. The molecule has 0 saturated heterocycles. The van der Waals surface area contributed by atoms with Gasteiger partial charge in [-0.2, -0.15) is 0 Å². The highest BCUT2D eigenvalue weighted by atomic mass is 16.5. The summed E-state index contributed by atoms with van der Waals surface area (Å²) in [5.74, 6) is 0.127. The van der Waals surface area contributed by atoms with Crippen LogP contribution >= 0.6 is 0 Å². The molecule has 0 N–H and O–H groups in total. The highest BCUT2D eigenvalue weighted by Gasteiger charge is 2.34. The third kappa shape index (κ3) is 4.12. The first-order valence-corrected chi connectivity index (χ1v) is 12.1. The van der Waals surface area contributed by atoms with E-state index in [1.54, 1.807) is 16.6 Å². The monoisotopic (exact) mass is 488 g/mol. The van der Waals surface area contributed by atoms with Crippen LogP contribution < -0.4 is 19.9 Å². The van der Waals surface area contributed by atoms with Gasteiger partial charge in [-0.3, -0.25) is 14.3 Å². The first kappa shape index (κ1) is 23.7. The summed E-state index contributed by atoms with van der Waals surface area (Å²) in [4.78, 5) is 38.7. The molecule has 0 aliphatic carbocycles. The van der Waals surface area contributed by atoms with Gasteiger partial charge in [-0.15, -0.1) is 0 Å². The van der Waals surface area contributed by atoms with Gasteiger partial charge >= 0.3 is 5.97 Å². The Balaban J connectivity index is 1.65. The topological polar surface area (TPSA) is 87.1 Å². The molecule has 186 valence electrons. The molecular formula is C28H28N2O6. The Labute approximate surface area is 209 Å². The van der Waals surface area contributed by atoms with Crippen LogP contribution in [0.1, 0.15) is 47.8 Å². The lowest BCUT2D eigenvalue weighted by molar-refractivity contribution is -0.123. The molecule has 0 radical (unpaired) electrons. The van der Waals surface area contributed by atoms with E-state index in [1.807, 2.05) is 50.2 Å². The van der Waals surface area contributed by atoms with Crippen LogP contribution in [0.25, 0.3) is 11.3 Å². The van der Waals surface area contributed by atoms with Crippen LogP contribution in [0.4, 0.5) is 0 Å². The van der Waals surface area contributed by atoms with Gasteiger partial charge in [0.15, 0.2) is 16.9 Å². The number of hydrogen-bond donors (Lipinski definition) is 0. The maximum atomic E-state index is 13.2. The van der Waals surface area contributed by atoms with E-state index in [-0.39, 0.29) is 30.5 Å². The quantitative estimate of drug-likeness (QED) is 0.490. The summed E-state index contributed by atoms with van der Waals surface area (Å²) in [5, 5.41) is 1.56. The zero-order valence-corrected chi connectivity index (χ0v) is 20.6. The van der Waals surface area contributed by atoms with E-state index in [9.17, 15) is 14.4 Å². The van der Waals surface area contributed by atoms with Crippen LogP contribution in [0.15, 0.2) is 53.5 Å². The molecule has 1 amide bonds. The van der Waals surface area contributed by atoms with Crippen LogP contribution in [-0.4, -0.2) is 29.8 Å². The van der Waals surface area contributed by atoms with Gasteiger partial charge in [0, 0.05) is 35.7 Å². The van der Waals surface area contributed by atoms with Crippen molar-refractivity contribution in [1.29, 1.82) is 0 Å². The second kappa shape index (κ2) is 9.53. The van der Waals surface area contributed by atoms with Crippen molar-refractivity contribution in [2.45, 2.75) is 40.3 Å². The molecule has 0 spiro atoms. The third-order valence-electron chi connectivity index (χ3n) is 6.37. The Hall–Kier alpha value is -4.07. The van der Waals surface area contributed by atoms with E-state index in [4.69, 9.17) is 14.2 Å². The van der Waals surface area contributed by atoms with E-state index >= 15 is 0 Å². The normalized spacial score (nSPS) is 13.5. The summed E-state index contributed by atoms with van der Waals surface area (Å²) in [6.07, 6.45) is 2.06. The largest absolute Gasteiger partial charge is 0.489 e. The summed E-state index contributed by atoms with van der Waals surface area (Å²) in [5.41, 5.74) is 3.64. The SMILES string of the molecule is CCOC(=O)c1cn2c(cc1=O)-c1c(cc(OCc3ccccc3)c3c1CCO3)CN2C(=O)C(C)C. The van der Waals surface area contributed by atoms with Gasteiger partial charge in [0.1, 0.15) is 12.2 Å². The number of benzene rings is 2. The summed E-state index contributed by atoms with van der Waals surface area (Å²) in [6, 6.07) is 13.2. The zero-order chi connectivity index (χ0) is 25.4. The Morgan fingerprint density at radius 1 is 1.14 bits per heavy atom. The third-order valence-corrected chi connectivity index (χ3v) is 6.37. The van der Waals surface area contributed by atoms with Gasteiger partial charge < -0.3 is 14.2 Å². The Kier molecular flexibility index (Phi) is 6.26. The van der Waals surface area contributed by atoms with Crippen molar-refractivity contribution in [1.82, 2.24) is 4.68 Å². The number of hydrogen-bond acceptors (Lipinski definition) is 6. The van der Waals surface area contributed by atoms with E-state index in [2.05, 4.69) is 0 Å². The van der Waals surface area contributed by atoms with Gasteiger partial charge in [0.2, 0.25) is 5.91 Å². The van der Waals surface area contributed by atoms with Crippen molar-refractivity contribution in [3.8, 4) is 22.8 Å². The summed E-state index contributed by atoms with van der Waals surface area (Å²) in [6.45, 7) is 6.60. The van der Waals surface area contributed by atoms with Crippen LogP contribution in [0.5, 0.6) is 11.5 Å². The molecule has 8 nitrogen and oxygen atoms in total. The standard InChI is InChI=1S/C28H28N2O6/c1-4-34-28(33)21-15-29-22(13-23(21)31)25-19(14-30(29)27(32)17(2)3)12-24(26-20(25)10-11-35-26)36-16-18-8-6-5-7-9-18/h5-9,12-13,15,17H,4,10-11,14,16H2,1-3H3. The molecule has 2 aromatic carbocycles. The summed E-state index contributed by atoms with van der Waals surface area (Å²) in [7, 11) is 0. The first-order valence-electron chi connectivity index (χ1n) is 12.1. The van der Waals surface area contributed by atoms with E-state index in [0.717, 1.165) is 22.3 Å². The van der Waals surface area contributed by atoms with Gasteiger partial charge in [-0.25, -0.2) is 9.80 Å². The minimum absolute atomic E-state index is 0.110. The number of aromatic nitrogens is 1. The molecule has 0 bridgehead atoms. The lowest BCUT2D eigenvalue weighted by Crippen LogP contribution is -2.46. The van der Waals surface area contributed by atoms with Crippen molar-refractivity contribution in [2.24, 2.45) is 5.92 Å². The van der Waals surface area contributed by atoms with E-state index in [1.165, 1.54) is 12.3 Å². The van der Waals surface area contributed by atoms with Crippen molar-refractivity contribution >= 4 is 11.9 Å². The van der Waals surface area contributed by atoms with Crippen molar-refractivity contribution in [3.63, 3.8) is 0 Å². The predicted molar refractivity (Wildman–Crippen MR) is 134 cm³/mol. The van der Waals surface area contributed by atoms with Gasteiger partial charge in [-0.1, -0.05) is 44.2 Å². The molecule has 3 heterocycles. The minimum atomic E-state index is -0.709. The van der Waals surface area contributed by atoms with Crippen molar-refractivity contribution in [3.05, 3.63) is 81.1 Å². The number of ether oxygens (including phenoxy) is 3. The lowest BCUT2D eigenvalue weighted by Gasteiger charge is -2.35. The molecule has 1 aromatic heterocycles. The Morgan fingerprint density at radius 3 is 2.64 bits per heavy atom. The van der Waals surface area contributed by atoms with Crippen LogP contribution in [0.2, 0.25) is 0 Å². The second-order valence-corrected chi connectivity index (χ2v) is 9.14. The summed E-state index contributed by atoms with van der Waals surface area (Å²) >= 11 is 0. The number of rotatable bonds is 6. The van der Waals surface area contributed by atoms with E-state index in [0.29, 0.717) is 36.8 Å². The molecule has 36 heavy (non-hydrogen) atoms. The average Bonchev–Trinajstić information content (AvgIpc) is 3.36. The van der Waals surface area contributed by atoms with E-state index < -0.39 is 11.4 Å². The molecule has 0 atom stereocenters. The Bertz CT molecular complexity index is 1390. The molecule has 3 aromatic rings. The molecule has 0 fully saturated rings. The van der Waals surface area contributed by atoms with Crippen molar-refractivity contribution in [2.75, 3.05) is 18.2 Å². The smallest absolute Gasteiger partial charge is 0.343 e. The molecule has 0 saturated carbocycles. The van der Waals surface area contributed by atoms with Crippen molar-refractivity contribution < 1.29 is 23.8 Å². The first-order chi connectivity index (χ1) is 17.4. The number of esters is 1. The molecule has 8 heteroatoms. The van der Waals surface area contributed by atoms with Crippen LogP contribution in [-0.2, 0) is 29.1 Å². The summed E-state index contributed by atoms with van der Waals surface area (Å²) < 4.78 is 18.8. The number of carbonyl (C=O) groups excluding carboxylic acids is 2. The molecule has 2 aliphatic heterocycles. The zero-order valence-electron chi connectivity index (χ0n) is 20.6. The Morgan fingerprint density at radius 2 is 1.92 bits per heavy atom. The number of pyridine rings is 1. The number of nitrogens with zero attached hydrogens (tertiary/aromatic N) is 2. The molecular weight excluding hydrogens is 460 g/mol. The maximum Gasteiger partial charge on any atom is 0.343 e. The fourth-order valence-corrected chi connectivity index (χ4v) is 4.68. The van der Waals surface area contributed by atoms with Crippen LogP contribution in [0, 0.1) is 5.92 Å². The number of amides is 1. The lowest BCUT2D eigenvalue weighted by atomic mass is 9.93. The highest BCUT2D eigenvalue weighted by Crippen LogP contribution is 2.46. The minimum Gasteiger partial charge on any atom is -0.489 e. The molecule has 5 rings (SSSR count). The predicted octanol–water partition coefficient (Wildman–Crippen LogP) is 3.84. The molecule has 0 unspecified atom stereocenters. The van der Waals surface area contributed by atoms with Gasteiger partial charge in [0.05, 0.1) is 25.5 Å². The van der Waals surface area contributed by atoms with Crippen LogP contribution in [0.3, 0.4) is 0 Å². The number of fused-ring (bicyclic) bond motifs is 5. The van der Waals surface area contributed by atoms with Gasteiger partial charge in [0.25, 0.3) is 0 Å². The second-order valence-electron chi connectivity index (χ2n) is 9.14. The average molecular weight is 489 g/mol. The van der Waals surface area contributed by atoms with Gasteiger partial charge in [-0.05, 0) is 24.1 Å².